The maximum atomic E-state index is 15.4. The van der Waals surface area contributed by atoms with Crippen molar-refractivity contribution in [3.63, 3.8) is 0 Å². The fourth-order valence-electron chi connectivity index (χ4n) is 5.32. The molecule has 2 aromatic heterocycles. The quantitative estimate of drug-likeness (QED) is 0.378. The van der Waals surface area contributed by atoms with Gasteiger partial charge in [0.2, 0.25) is 5.91 Å². The van der Waals surface area contributed by atoms with Gasteiger partial charge in [-0.15, -0.1) is 0 Å². The number of aryl methyl sites for hydroxylation is 2. The molecule has 0 spiro atoms. The highest BCUT2D eigenvalue weighted by molar-refractivity contribution is 5.99. The average Bonchev–Trinajstić information content (AvgIpc) is 3.41. The zero-order valence-electron chi connectivity index (χ0n) is 20.6. The van der Waals surface area contributed by atoms with Gasteiger partial charge in [0.05, 0.1) is 22.9 Å². The summed E-state index contributed by atoms with van der Waals surface area (Å²) in [6, 6.07) is 9.23. The third-order valence-corrected chi connectivity index (χ3v) is 7.27. The number of carbonyl (C=O) groups excluding carboxylic acids is 1. The van der Waals surface area contributed by atoms with Crippen LogP contribution < -0.4 is 0 Å². The van der Waals surface area contributed by atoms with Crippen molar-refractivity contribution in [2.24, 2.45) is 7.05 Å². The number of piperidine rings is 1. The van der Waals surface area contributed by atoms with Crippen LogP contribution in [0.3, 0.4) is 0 Å². The number of carboxylic acid groups (broad SMARTS) is 1. The van der Waals surface area contributed by atoms with E-state index in [-0.39, 0.29) is 24.1 Å². The summed E-state index contributed by atoms with van der Waals surface area (Å²) < 4.78 is 19.1. The lowest BCUT2D eigenvalue weighted by atomic mass is 9.89. The highest BCUT2D eigenvalue weighted by Crippen LogP contribution is 2.39. The zero-order valence-corrected chi connectivity index (χ0v) is 20.6. The van der Waals surface area contributed by atoms with Crippen LogP contribution in [0.25, 0.3) is 32.9 Å². The number of carbonyl (C=O) groups is 2. The van der Waals surface area contributed by atoms with Crippen LogP contribution in [0, 0.1) is 5.82 Å². The Kier molecular flexibility index (Phi) is 6.47. The number of unbranched alkanes of at least 4 members (excludes halogenated alkanes) is 1. The van der Waals surface area contributed by atoms with E-state index in [4.69, 9.17) is 10.2 Å². The molecule has 4 aromatic rings. The Morgan fingerprint density at radius 3 is 2.61 bits per heavy atom. The first-order valence-electron chi connectivity index (χ1n) is 12.4. The van der Waals surface area contributed by atoms with Crippen LogP contribution in [0.4, 0.5) is 4.39 Å². The molecule has 0 radical (unpaired) electrons. The summed E-state index contributed by atoms with van der Waals surface area (Å²) in [5.74, 6) is -0.890. The van der Waals surface area contributed by atoms with Crippen LogP contribution >= 0.6 is 0 Å². The van der Waals surface area contributed by atoms with E-state index in [9.17, 15) is 9.59 Å². The first kappa shape index (κ1) is 24.0. The molecule has 0 bridgehead atoms. The van der Waals surface area contributed by atoms with E-state index in [1.807, 2.05) is 40.9 Å². The molecule has 2 aromatic carbocycles. The maximum Gasteiger partial charge on any atom is 0.303 e. The van der Waals surface area contributed by atoms with Gasteiger partial charge in [-0.05, 0) is 49.4 Å². The number of hydrogen-bond donors (Lipinski definition) is 1. The van der Waals surface area contributed by atoms with Crippen molar-refractivity contribution in [1.82, 2.24) is 24.5 Å². The SMILES string of the molecule is CC(=O)N1CCC(c2nn(CCCCC(=O)O)c3cccc(-c4cc5c(cnn5C)cc4F)c23)CC1. The molecule has 8 nitrogen and oxygen atoms in total. The molecule has 1 aliphatic heterocycles. The van der Waals surface area contributed by atoms with Crippen molar-refractivity contribution in [2.45, 2.75) is 51.5 Å². The molecule has 0 unspecified atom stereocenters. The summed E-state index contributed by atoms with van der Waals surface area (Å²) in [5.41, 5.74) is 3.97. The number of carboxylic acids is 1. The standard InChI is InChI=1S/C27H30FN5O3/c1-17(34)32-12-9-18(10-13-32)27-26-20(21-15-24-19(14-22(21)28)16-29-31(24)2)6-5-7-23(26)33(30-27)11-4-3-8-25(35)36/h5-7,14-16,18H,3-4,8-13H2,1-2H3,(H,35,36). The van der Waals surface area contributed by atoms with Gasteiger partial charge in [0.25, 0.3) is 0 Å². The average molecular weight is 492 g/mol. The van der Waals surface area contributed by atoms with E-state index in [1.165, 1.54) is 6.07 Å². The minimum Gasteiger partial charge on any atom is -0.481 e. The second kappa shape index (κ2) is 9.72. The number of aliphatic carboxylic acids is 1. The van der Waals surface area contributed by atoms with Crippen molar-refractivity contribution in [3.8, 4) is 11.1 Å². The predicted octanol–water partition coefficient (Wildman–Crippen LogP) is 4.71. The molecule has 36 heavy (non-hydrogen) atoms. The molecule has 1 amide bonds. The van der Waals surface area contributed by atoms with Crippen LogP contribution in [-0.2, 0) is 23.2 Å². The molecular weight excluding hydrogens is 461 g/mol. The van der Waals surface area contributed by atoms with Gasteiger partial charge in [-0.1, -0.05) is 12.1 Å². The van der Waals surface area contributed by atoms with Crippen LogP contribution in [0.15, 0.2) is 36.5 Å². The van der Waals surface area contributed by atoms with Crippen molar-refractivity contribution in [2.75, 3.05) is 13.1 Å². The van der Waals surface area contributed by atoms with E-state index in [0.717, 1.165) is 45.9 Å². The van der Waals surface area contributed by atoms with Crippen molar-refractivity contribution in [3.05, 3.63) is 48.0 Å². The van der Waals surface area contributed by atoms with Crippen LogP contribution in [0.5, 0.6) is 0 Å². The zero-order chi connectivity index (χ0) is 25.4. The number of benzene rings is 2. The maximum absolute atomic E-state index is 15.4. The Morgan fingerprint density at radius 2 is 1.89 bits per heavy atom. The summed E-state index contributed by atoms with van der Waals surface area (Å²) in [5, 5.41) is 19.9. The van der Waals surface area contributed by atoms with Crippen molar-refractivity contribution < 1.29 is 19.1 Å². The molecule has 1 N–H and O–H groups in total. The van der Waals surface area contributed by atoms with E-state index < -0.39 is 5.97 Å². The molecule has 9 heteroatoms. The van der Waals surface area contributed by atoms with Gasteiger partial charge in [-0.25, -0.2) is 4.39 Å². The summed E-state index contributed by atoms with van der Waals surface area (Å²) in [6.07, 6.45) is 4.62. The number of hydrogen-bond acceptors (Lipinski definition) is 4. The number of rotatable bonds is 7. The fraction of sp³-hybridized carbons (Fsp3) is 0.407. The second-order valence-corrected chi connectivity index (χ2v) is 9.60. The van der Waals surface area contributed by atoms with E-state index >= 15 is 4.39 Å². The third kappa shape index (κ3) is 4.45. The van der Waals surface area contributed by atoms with Gasteiger partial charge in [0.1, 0.15) is 5.82 Å². The minimum atomic E-state index is -0.804. The molecule has 1 fully saturated rings. The molecule has 188 valence electrons. The molecule has 1 aliphatic rings. The second-order valence-electron chi connectivity index (χ2n) is 9.60. The molecule has 1 saturated heterocycles. The number of halogens is 1. The molecule has 3 heterocycles. The molecular formula is C27H30FN5O3. The number of amides is 1. The number of aromatic nitrogens is 4. The number of fused-ring (bicyclic) bond motifs is 2. The summed E-state index contributed by atoms with van der Waals surface area (Å²) >= 11 is 0. The van der Waals surface area contributed by atoms with Crippen LogP contribution in [0.1, 0.15) is 50.6 Å². The van der Waals surface area contributed by atoms with E-state index in [2.05, 4.69) is 5.10 Å². The Balaban J connectivity index is 1.60. The lowest BCUT2D eigenvalue weighted by Crippen LogP contribution is -2.36. The molecule has 0 saturated carbocycles. The smallest absolute Gasteiger partial charge is 0.303 e. The van der Waals surface area contributed by atoms with Gasteiger partial charge < -0.3 is 10.0 Å². The molecule has 0 aliphatic carbocycles. The lowest BCUT2D eigenvalue weighted by Gasteiger charge is -2.30. The third-order valence-electron chi connectivity index (χ3n) is 7.27. The summed E-state index contributed by atoms with van der Waals surface area (Å²) in [6.45, 7) is 3.52. The predicted molar refractivity (Wildman–Crippen MR) is 135 cm³/mol. The molecule has 0 atom stereocenters. The topological polar surface area (TPSA) is 93.2 Å². The molecule has 5 rings (SSSR count). The van der Waals surface area contributed by atoms with Gasteiger partial charge in [0.15, 0.2) is 0 Å². The monoisotopic (exact) mass is 491 g/mol. The Bertz CT molecular complexity index is 1450. The highest BCUT2D eigenvalue weighted by Gasteiger charge is 2.28. The summed E-state index contributed by atoms with van der Waals surface area (Å²) in [4.78, 5) is 24.7. The van der Waals surface area contributed by atoms with Crippen molar-refractivity contribution in [1.29, 1.82) is 0 Å². The highest BCUT2D eigenvalue weighted by atomic mass is 19.1. The van der Waals surface area contributed by atoms with E-state index in [0.29, 0.717) is 38.0 Å². The summed E-state index contributed by atoms with van der Waals surface area (Å²) in [7, 11) is 1.84. The van der Waals surface area contributed by atoms with Crippen molar-refractivity contribution >= 4 is 33.7 Å². The number of likely N-dealkylation sites (tertiary alicyclic amines) is 1. The van der Waals surface area contributed by atoms with Gasteiger partial charge >= 0.3 is 5.97 Å². The van der Waals surface area contributed by atoms with E-state index in [1.54, 1.807) is 17.8 Å². The number of nitrogens with zero attached hydrogens (tertiary/aromatic N) is 5. The Hall–Kier alpha value is -3.75. The van der Waals surface area contributed by atoms with Crippen LogP contribution in [-0.4, -0.2) is 54.5 Å². The largest absolute Gasteiger partial charge is 0.481 e. The van der Waals surface area contributed by atoms with Gasteiger partial charge in [-0.3, -0.25) is 19.0 Å². The van der Waals surface area contributed by atoms with Gasteiger partial charge in [0, 0.05) is 62.3 Å². The lowest BCUT2D eigenvalue weighted by molar-refractivity contribution is -0.137. The first-order valence-corrected chi connectivity index (χ1v) is 12.4. The minimum absolute atomic E-state index is 0.0782. The van der Waals surface area contributed by atoms with Crippen LogP contribution in [0.2, 0.25) is 0 Å². The Morgan fingerprint density at radius 1 is 1.11 bits per heavy atom. The normalized spacial score (nSPS) is 14.7. The van der Waals surface area contributed by atoms with Gasteiger partial charge in [-0.2, -0.15) is 10.2 Å². The fourth-order valence-corrected chi connectivity index (χ4v) is 5.32. The first-order chi connectivity index (χ1) is 17.3. The Labute approximate surface area is 208 Å².